The summed E-state index contributed by atoms with van der Waals surface area (Å²) in [5, 5.41) is 0.806. The fourth-order valence-electron chi connectivity index (χ4n) is 0.423. The topological polar surface area (TPSA) is 15.8 Å². The zero-order valence-electron chi connectivity index (χ0n) is 4.03. The van der Waals surface area contributed by atoms with Crippen molar-refractivity contribution in [3.8, 4) is 0 Å². The third kappa shape index (κ3) is 0.775. The molecule has 0 fully saturated rings. The summed E-state index contributed by atoms with van der Waals surface area (Å²) in [6, 6.07) is 0. The highest BCUT2D eigenvalue weighted by Crippen LogP contribution is 2.10. The SMILES string of the molecule is Cc1c[nH]cc1Cl. The van der Waals surface area contributed by atoms with Crippen LogP contribution in [-0.2, 0) is 0 Å². The van der Waals surface area contributed by atoms with Crippen molar-refractivity contribution in [3.63, 3.8) is 0 Å². The molecule has 0 aromatic carbocycles. The van der Waals surface area contributed by atoms with Gasteiger partial charge in [0.1, 0.15) is 0 Å². The lowest BCUT2D eigenvalue weighted by atomic mass is 10.4. The summed E-state index contributed by atoms with van der Waals surface area (Å²) in [6.45, 7) is 1.96. The third-order valence-electron chi connectivity index (χ3n) is 0.887. The molecule has 38 valence electrons. The van der Waals surface area contributed by atoms with E-state index in [9.17, 15) is 0 Å². The average Bonchev–Trinajstić information content (AvgIpc) is 1.91. The Morgan fingerprint density at radius 3 is 2.43 bits per heavy atom. The molecule has 0 saturated carbocycles. The zero-order valence-corrected chi connectivity index (χ0v) is 4.79. The number of aromatic amines is 1. The molecule has 0 amide bonds. The molecule has 0 atom stereocenters. The van der Waals surface area contributed by atoms with Crippen molar-refractivity contribution in [2.75, 3.05) is 0 Å². The van der Waals surface area contributed by atoms with Gasteiger partial charge in [-0.3, -0.25) is 0 Å². The van der Waals surface area contributed by atoms with Crippen molar-refractivity contribution in [1.82, 2.24) is 4.98 Å². The predicted molar refractivity (Wildman–Crippen MR) is 30.5 cm³/mol. The van der Waals surface area contributed by atoms with Gasteiger partial charge in [-0.05, 0) is 12.5 Å². The molecular weight excluding hydrogens is 110 g/mol. The number of aryl methyl sites for hydroxylation is 1. The standard InChI is InChI=1S/C5H6ClN/c1-4-2-7-3-5(4)6/h2-3,7H,1H3. The van der Waals surface area contributed by atoms with Crippen molar-refractivity contribution in [3.05, 3.63) is 23.0 Å². The van der Waals surface area contributed by atoms with E-state index in [2.05, 4.69) is 4.98 Å². The minimum absolute atomic E-state index is 0.806. The van der Waals surface area contributed by atoms with Gasteiger partial charge in [-0.15, -0.1) is 0 Å². The van der Waals surface area contributed by atoms with Crippen LogP contribution in [0.1, 0.15) is 5.56 Å². The third-order valence-corrected chi connectivity index (χ3v) is 1.29. The first-order valence-corrected chi connectivity index (χ1v) is 2.47. The van der Waals surface area contributed by atoms with Crippen LogP contribution in [0.5, 0.6) is 0 Å². The normalized spacial score (nSPS) is 9.43. The molecule has 1 aromatic heterocycles. The van der Waals surface area contributed by atoms with Crippen LogP contribution >= 0.6 is 11.6 Å². The second kappa shape index (κ2) is 1.58. The molecule has 1 N–H and O–H groups in total. The van der Waals surface area contributed by atoms with Gasteiger partial charge in [0, 0.05) is 12.4 Å². The van der Waals surface area contributed by atoms with E-state index in [1.165, 1.54) is 0 Å². The molecule has 0 unspecified atom stereocenters. The lowest BCUT2D eigenvalue weighted by Gasteiger charge is -1.76. The molecule has 1 aromatic rings. The second-order valence-electron chi connectivity index (χ2n) is 1.49. The van der Waals surface area contributed by atoms with Gasteiger partial charge in [0.15, 0.2) is 0 Å². The van der Waals surface area contributed by atoms with Gasteiger partial charge in [0.05, 0.1) is 5.02 Å². The van der Waals surface area contributed by atoms with Gasteiger partial charge >= 0.3 is 0 Å². The number of hydrogen-bond donors (Lipinski definition) is 1. The maximum Gasteiger partial charge on any atom is 0.0609 e. The van der Waals surface area contributed by atoms with E-state index in [0.29, 0.717) is 0 Å². The lowest BCUT2D eigenvalue weighted by molar-refractivity contribution is 1.39. The van der Waals surface area contributed by atoms with Gasteiger partial charge in [-0.2, -0.15) is 0 Å². The molecule has 0 aliphatic rings. The Hall–Kier alpha value is -0.430. The molecule has 0 radical (unpaired) electrons. The van der Waals surface area contributed by atoms with Crippen molar-refractivity contribution in [1.29, 1.82) is 0 Å². The largest absolute Gasteiger partial charge is 0.366 e. The summed E-state index contributed by atoms with van der Waals surface area (Å²) in [5.41, 5.74) is 1.10. The second-order valence-corrected chi connectivity index (χ2v) is 1.89. The first-order valence-electron chi connectivity index (χ1n) is 2.09. The molecule has 0 aliphatic carbocycles. The molecule has 0 aliphatic heterocycles. The number of aromatic nitrogens is 1. The summed E-state index contributed by atoms with van der Waals surface area (Å²) in [7, 11) is 0. The van der Waals surface area contributed by atoms with Crippen LogP contribution in [0.2, 0.25) is 5.02 Å². The monoisotopic (exact) mass is 115 g/mol. The summed E-state index contributed by atoms with van der Waals surface area (Å²) in [4.78, 5) is 2.87. The number of H-pyrrole nitrogens is 1. The minimum Gasteiger partial charge on any atom is -0.366 e. The number of halogens is 1. The Morgan fingerprint density at radius 1 is 1.57 bits per heavy atom. The molecular formula is C5H6ClN. The molecule has 1 heterocycles. The summed E-state index contributed by atoms with van der Waals surface area (Å²) < 4.78 is 0. The highest BCUT2D eigenvalue weighted by molar-refractivity contribution is 6.31. The van der Waals surface area contributed by atoms with Gasteiger partial charge in [-0.1, -0.05) is 11.6 Å². The highest BCUT2D eigenvalue weighted by Gasteiger charge is 1.88. The first-order chi connectivity index (χ1) is 3.30. The van der Waals surface area contributed by atoms with Gasteiger partial charge < -0.3 is 4.98 Å². The molecule has 1 rings (SSSR count). The Balaban J connectivity index is 3.12. The first kappa shape index (κ1) is 4.72. The van der Waals surface area contributed by atoms with E-state index < -0.39 is 0 Å². The lowest BCUT2D eigenvalue weighted by Crippen LogP contribution is -1.56. The molecule has 2 heteroatoms. The Bertz CT molecular complexity index is 140. The highest BCUT2D eigenvalue weighted by atomic mass is 35.5. The fourth-order valence-corrected chi connectivity index (χ4v) is 0.540. The van der Waals surface area contributed by atoms with Crippen LogP contribution < -0.4 is 0 Å². The van der Waals surface area contributed by atoms with Crippen LogP contribution in [0, 0.1) is 6.92 Å². The van der Waals surface area contributed by atoms with E-state index in [1.807, 2.05) is 13.1 Å². The number of hydrogen-bond acceptors (Lipinski definition) is 0. The molecule has 0 saturated heterocycles. The van der Waals surface area contributed by atoms with E-state index in [1.54, 1.807) is 6.20 Å². The van der Waals surface area contributed by atoms with Crippen LogP contribution in [0.15, 0.2) is 12.4 Å². The quantitative estimate of drug-likeness (QED) is 0.532. The Morgan fingerprint density at radius 2 is 2.29 bits per heavy atom. The van der Waals surface area contributed by atoms with E-state index in [-0.39, 0.29) is 0 Å². The molecule has 0 spiro atoms. The summed E-state index contributed by atoms with van der Waals surface area (Å²) >= 11 is 5.59. The minimum atomic E-state index is 0.806. The molecule has 7 heavy (non-hydrogen) atoms. The average molecular weight is 116 g/mol. The molecule has 0 bridgehead atoms. The summed E-state index contributed by atoms with van der Waals surface area (Å²) in [6.07, 6.45) is 3.62. The van der Waals surface area contributed by atoms with Crippen molar-refractivity contribution in [2.45, 2.75) is 6.92 Å². The number of nitrogens with one attached hydrogen (secondary N) is 1. The van der Waals surface area contributed by atoms with Crippen LogP contribution in [-0.4, -0.2) is 4.98 Å². The van der Waals surface area contributed by atoms with Gasteiger partial charge in [0.2, 0.25) is 0 Å². The van der Waals surface area contributed by atoms with E-state index in [0.717, 1.165) is 10.6 Å². The van der Waals surface area contributed by atoms with Crippen LogP contribution in [0.3, 0.4) is 0 Å². The Kier molecular flexibility index (Phi) is 1.07. The van der Waals surface area contributed by atoms with E-state index >= 15 is 0 Å². The number of rotatable bonds is 0. The van der Waals surface area contributed by atoms with Gasteiger partial charge in [0.25, 0.3) is 0 Å². The Labute approximate surface area is 47.3 Å². The van der Waals surface area contributed by atoms with Crippen molar-refractivity contribution < 1.29 is 0 Å². The van der Waals surface area contributed by atoms with Crippen molar-refractivity contribution in [2.24, 2.45) is 0 Å². The van der Waals surface area contributed by atoms with Crippen LogP contribution in [0.4, 0.5) is 0 Å². The zero-order chi connectivity index (χ0) is 5.28. The summed E-state index contributed by atoms with van der Waals surface area (Å²) in [5.74, 6) is 0. The fraction of sp³-hybridized carbons (Fsp3) is 0.200. The van der Waals surface area contributed by atoms with Gasteiger partial charge in [-0.25, -0.2) is 0 Å². The maximum absolute atomic E-state index is 5.59. The van der Waals surface area contributed by atoms with E-state index in [4.69, 9.17) is 11.6 Å². The maximum atomic E-state index is 5.59. The molecule has 1 nitrogen and oxygen atoms in total. The van der Waals surface area contributed by atoms with Crippen LogP contribution in [0.25, 0.3) is 0 Å². The smallest absolute Gasteiger partial charge is 0.0609 e. The van der Waals surface area contributed by atoms with Crippen molar-refractivity contribution >= 4 is 11.6 Å². The predicted octanol–water partition coefficient (Wildman–Crippen LogP) is 1.98.